The van der Waals surface area contributed by atoms with Gasteiger partial charge in [-0.05, 0) is 55.4 Å². The van der Waals surface area contributed by atoms with Crippen LogP contribution in [-0.2, 0) is 14.3 Å². The second-order valence-corrected chi connectivity index (χ2v) is 10.1. The number of ether oxygens (including phenoxy) is 2. The standard InChI is InChI=1S/C29H32Cl2N4O5/c1-39-27(8-2-5-21-15-20-16-24(30)25(31)18-26(20)33-21)29(38)32-9-4-10-34-11-13-35(14-12-34)22-6-3-7-23(17-22)40-19-28(36)37/h2-3,5-8,15-18,33H,4,9-14,19H2,1H3,(H,32,38)(H,36,37). The van der Waals surface area contributed by atoms with Gasteiger partial charge >= 0.3 is 5.97 Å². The van der Waals surface area contributed by atoms with E-state index in [9.17, 15) is 9.59 Å². The molecule has 0 saturated carbocycles. The highest BCUT2D eigenvalue weighted by Crippen LogP contribution is 2.28. The molecule has 3 aromatic rings. The van der Waals surface area contributed by atoms with Gasteiger partial charge in [-0.1, -0.05) is 35.3 Å². The summed E-state index contributed by atoms with van der Waals surface area (Å²) >= 11 is 12.2. The summed E-state index contributed by atoms with van der Waals surface area (Å²) in [7, 11) is 1.47. The number of piperazine rings is 1. The minimum atomic E-state index is -0.999. The molecule has 0 atom stereocenters. The molecule has 11 heteroatoms. The quantitative estimate of drug-likeness (QED) is 0.121. The number of allylic oxidation sites excluding steroid dienone is 2. The third-order valence-electron chi connectivity index (χ3n) is 6.50. The summed E-state index contributed by atoms with van der Waals surface area (Å²) in [6.07, 6.45) is 6.03. The molecule has 1 fully saturated rings. The van der Waals surface area contributed by atoms with Gasteiger partial charge in [-0.2, -0.15) is 0 Å². The molecular formula is C29H32Cl2N4O5. The number of hydrogen-bond donors (Lipinski definition) is 3. The second-order valence-electron chi connectivity index (χ2n) is 9.29. The lowest BCUT2D eigenvalue weighted by atomic mass is 10.2. The van der Waals surface area contributed by atoms with Gasteiger partial charge in [0.1, 0.15) is 5.75 Å². The predicted octanol–water partition coefficient (Wildman–Crippen LogP) is 4.81. The number of hydrogen-bond acceptors (Lipinski definition) is 6. The lowest BCUT2D eigenvalue weighted by molar-refractivity contribution is -0.139. The van der Waals surface area contributed by atoms with E-state index < -0.39 is 5.97 Å². The Balaban J connectivity index is 1.18. The summed E-state index contributed by atoms with van der Waals surface area (Å²) in [5.41, 5.74) is 2.74. The van der Waals surface area contributed by atoms with E-state index in [-0.39, 0.29) is 18.3 Å². The third-order valence-corrected chi connectivity index (χ3v) is 7.23. The fourth-order valence-corrected chi connectivity index (χ4v) is 4.79. The summed E-state index contributed by atoms with van der Waals surface area (Å²) in [6.45, 7) is 4.56. The molecule has 0 bridgehead atoms. The molecule has 2 heterocycles. The topological polar surface area (TPSA) is 107 Å². The highest BCUT2D eigenvalue weighted by atomic mass is 35.5. The number of benzene rings is 2. The lowest BCUT2D eigenvalue weighted by Gasteiger charge is -2.36. The van der Waals surface area contributed by atoms with Crippen LogP contribution in [0, 0.1) is 0 Å². The van der Waals surface area contributed by atoms with Gasteiger partial charge in [0.05, 0.1) is 17.2 Å². The second kappa shape index (κ2) is 14.1. The normalized spacial score (nSPS) is 14.6. The van der Waals surface area contributed by atoms with Crippen LogP contribution in [-0.4, -0.2) is 79.9 Å². The van der Waals surface area contributed by atoms with E-state index in [1.54, 1.807) is 30.4 Å². The Morgan fingerprint density at radius 2 is 1.88 bits per heavy atom. The number of anilines is 1. The zero-order chi connectivity index (χ0) is 28.5. The van der Waals surface area contributed by atoms with Crippen molar-refractivity contribution in [3.05, 3.63) is 76.1 Å². The number of carboxylic acid groups (broad SMARTS) is 1. The van der Waals surface area contributed by atoms with E-state index in [0.29, 0.717) is 22.3 Å². The number of halogens is 2. The summed E-state index contributed by atoms with van der Waals surface area (Å²) in [5, 5.41) is 13.7. The molecule has 1 amide bonds. The average molecular weight is 588 g/mol. The minimum absolute atomic E-state index is 0.224. The van der Waals surface area contributed by atoms with Gasteiger partial charge in [0.15, 0.2) is 12.4 Å². The Morgan fingerprint density at radius 3 is 2.62 bits per heavy atom. The number of aliphatic carboxylic acids is 1. The Hall–Kier alpha value is -3.66. The first kappa shape index (κ1) is 29.3. The lowest BCUT2D eigenvalue weighted by Crippen LogP contribution is -2.47. The van der Waals surface area contributed by atoms with Crippen LogP contribution < -0.4 is 15.0 Å². The number of nitrogens with zero attached hydrogens (tertiary/aromatic N) is 2. The number of rotatable bonds is 12. The van der Waals surface area contributed by atoms with E-state index in [4.69, 9.17) is 37.8 Å². The predicted molar refractivity (Wildman–Crippen MR) is 158 cm³/mol. The van der Waals surface area contributed by atoms with Gasteiger partial charge in [0.25, 0.3) is 5.91 Å². The van der Waals surface area contributed by atoms with Crippen LogP contribution in [0.1, 0.15) is 12.1 Å². The first-order chi connectivity index (χ1) is 19.3. The Labute approximate surface area is 242 Å². The molecule has 2 aromatic carbocycles. The molecule has 0 radical (unpaired) electrons. The molecule has 1 aliphatic rings. The molecule has 9 nitrogen and oxygen atoms in total. The first-order valence-electron chi connectivity index (χ1n) is 12.9. The Kier molecular flexibility index (Phi) is 10.3. The number of amides is 1. The summed E-state index contributed by atoms with van der Waals surface area (Å²) < 4.78 is 10.6. The third kappa shape index (κ3) is 8.17. The number of methoxy groups -OCH3 is 1. The SMILES string of the molecule is COC(=CC=Cc1cc2cc(Cl)c(Cl)cc2[nH]1)C(=O)NCCCN1CCN(c2cccc(OCC(=O)O)c2)CC1. The van der Waals surface area contributed by atoms with Crippen LogP contribution in [0.3, 0.4) is 0 Å². The van der Waals surface area contributed by atoms with Crippen molar-refractivity contribution in [2.75, 3.05) is 57.9 Å². The van der Waals surface area contributed by atoms with Gasteiger partial charge in [0, 0.05) is 61.1 Å². The maximum Gasteiger partial charge on any atom is 0.341 e. The van der Waals surface area contributed by atoms with Crippen LogP contribution in [0.2, 0.25) is 10.0 Å². The van der Waals surface area contributed by atoms with Gasteiger partial charge in [0.2, 0.25) is 0 Å². The molecule has 212 valence electrons. The van der Waals surface area contributed by atoms with Crippen molar-refractivity contribution < 1.29 is 24.2 Å². The highest BCUT2D eigenvalue weighted by Gasteiger charge is 2.18. The maximum atomic E-state index is 12.6. The zero-order valence-electron chi connectivity index (χ0n) is 22.2. The number of aromatic amines is 1. The van der Waals surface area contributed by atoms with Gasteiger partial charge < -0.3 is 29.8 Å². The summed E-state index contributed by atoms with van der Waals surface area (Å²) in [5.74, 6) is -0.494. The molecular weight excluding hydrogens is 555 g/mol. The number of carboxylic acids is 1. The van der Waals surface area contributed by atoms with Gasteiger partial charge in [-0.25, -0.2) is 4.79 Å². The summed E-state index contributed by atoms with van der Waals surface area (Å²) in [6, 6.07) is 13.0. The van der Waals surface area contributed by atoms with Crippen molar-refractivity contribution in [2.45, 2.75) is 6.42 Å². The van der Waals surface area contributed by atoms with E-state index in [1.807, 2.05) is 30.3 Å². The van der Waals surface area contributed by atoms with E-state index in [0.717, 1.165) is 61.4 Å². The number of fused-ring (bicyclic) bond motifs is 1. The monoisotopic (exact) mass is 586 g/mol. The number of H-pyrrole nitrogens is 1. The van der Waals surface area contributed by atoms with Crippen LogP contribution >= 0.6 is 23.2 Å². The Morgan fingerprint density at radius 1 is 1.10 bits per heavy atom. The van der Waals surface area contributed by atoms with Gasteiger partial charge in [-0.15, -0.1) is 0 Å². The van der Waals surface area contributed by atoms with Crippen molar-refractivity contribution >= 4 is 57.7 Å². The van der Waals surface area contributed by atoms with Crippen LogP contribution in [0.15, 0.2) is 60.4 Å². The smallest absolute Gasteiger partial charge is 0.341 e. The average Bonchev–Trinajstić information content (AvgIpc) is 3.34. The molecule has 4 rings (SSSR count). The molecule has 1 saturated heterocycles. The molecule has 3 N–H and O–H groups in total. The fourth-order valence-electron chi connectivity index (χ4n) is 4.45. The number of carbonyl (C=O) groups excluding carboxylic acids is 1. The van der Waals surface area contributed by atoms with Crippen molar-refractivity contribution in [1.82, 2.24) is 15.2 Å². The van der Waals surface area contributed by atoms with Crippen molar-refractivity contribution in [3.8, 4) is 5.75 Å². The number of carbonyl (C=O) groups is 2. The largest absolute Gasteiger partial charge is 0.491 e. The van der Waals surface area contributed by atoms with Crippen molar-refractivity contribution in [2.24, 2.45) is 0 Å². The van der Waals surface area contributed by atoms with Gasteiger partial charge in [-0.3, -0.25) is 9.69 Å². The number of nitrogens with one attached hydrogen (secondary N) is 2. The van der Waals surface area contributed by atoms with Crippen molar-refractivity contribution in [1.29, 1.82) is 0 Å². The summed E-state index contributed by atoms with van der Waals surface area (Å²) in [4.78, 5) is 31.2. The molecule has 40 heavy (non-hydrogen) atoms. The van der Waals surface area contributed by atoms with E-state index in [2.05, 4.69) is 20.1 Å². The van der Waals surface area contributed by atoms with Crippen LogP contribution in [0.4, 0.5) is 5.69 Å². The van der Waals surface area contributed by atoms with Crippen LogP contribution in [0.25, 0.3) is 17.0 Å². The molecule has 1 aliphatic heterocycles. The first-order valence-corrected chi connectivity index (χ1v) is 13.7. The maximum absolute atomic E-state index is 12.6. The minimum Gasteiger partial charge on any atom is -0.491 e. The molecule has 1 aromatic heterocycles. The fraction of sp³-hybridized carbons (Fsp3) is 0.310. The van der Waals surface area contributed by atoms with Crippen molar-refractivity contribution in [3.63, 3.8) is 0 Å². The molecule has 0 aliphatic carbocycles. The Bertz CT molecular complexity index is 1360. The zero-order valence-corrected chi connectivity index (χ0v) is 23.7. The highest BCUT2D eigenvalue weighted by molar-refractivity contribution is 6.42. The molecule has 0 spiro atoms. The van der Waals surface area contributed by atoms with E-state index in [1.165, 1.54) is 7.11 Å². The van der Waals surface area contributed by atoms with E-state index >= 15 is 0 Å². The van der Waals surface area contributed by atoms with Crippen LogP contribution in [0.5, 0.6) is 5.75 Å². The number of aromatic nitrogens is 1. The molecule has 0 unspecified atom stereocenters.